The third-order valence-corrected chi connectivity index (χ3v) is 7.39. The standard InChI is InChI=1S/C25H24IN3O3/c1-15-21-23(28-32-15)22-19(26)11-6-12-20(22)29(25(21)31)18-10-5-7-16(13-18)14-27-24(30)17-8-3-2-4-9-17/h2-4,6,8-9,11-12,16,18H,5,7,10,13-14H2,1H3,(H,27,30). The summed E-state index contributed by atoms with van der Waals surface area (Å²) in [5, 5.41) is 8.83. The number of pyridine rings is 1. The van der Waals surface area contributed by atoms with E-state index in [9.17, 15) is 9.59 Å². The fourth-order valence-corrected chi connectivity index (χ4v) is 5.69. The van der Waals surface area contributed by atoms with E-state index in [2.05, 4.69) is 33.1 Å². The van der Waals surface area contributed by atoms with Gasteiger partial charge in [-0.3, -0.25) is 9.59 Å². The number of nitrogens with one attached hydrogen (secondary N) is 1. The lowest BCUT2D eigenvalue weighted by atomic mass is 9.85. The summed E-state index contributed by atoms with van der Waals surface area (Å²) in [6.07, 6.45) is 3.87. The van der Waals surface area contributed by atoms with Crippen molar-refractivity contribution in [3.05, 3.63) is 73.8 Å². The Hall–Kier alpha value is -2.68. The minimum absolute atomic E-state index is 0.0350. The molecule has 1 aliphatic rings. The maximum atomic E-state index is 13.6. The zero-order valence-electron chi connectivity index (χ0n) is 17.8. The largest absolute Gasteiger partial charge is 0.360 e. The number of fused-ring (bicyclic) bond motifs is 3. The number of nitrogens with zero attached hydrogens (tertiary/aromatic N) is 2. The third-order valence-electron chi connectivity index (χ3n) is 6.49. The number of hydrogen-bond acceptors (Lipinski definition) is 4. The van der Waals surface area contributed by atoms with E-state index in [1.165, 1.54) is 0 Å². The molecule has 164 valence electrons. The van der Waals surface area contributed by atoms with Crippen molar-refractivity contribution in [3.8, 4) is 0 Å². The number of aryl methyl sites for hydroxylation is 1. The van der Waals surface area contributed by atoms with E-state index in [4.69, 9.17) is 4.52 Å². The zero-order chi connectivity index (χ0) is 22.2. The Kier molecular flexibility index (Phi) is 5.75. The highest BCUT2D eigenvalue weighted by Gasteiger charge is 2.28. The van der Waals surface area contributed by atoms with Crippen molar-refractivity contribution in [3.63, 3.8) is 0 Å². The van der Waals surface area contributed by atoms with Crippen molar-refractivity contribution >= 4 is 50.3 Å². The summed E-state index contributed by atoms with van der Waals surface area (Å²) < 4.78 is 8.42. The molecule has 0 bridgehead atoms. The van der Waals surface area contributed by atoms with Crippen molar-refractivity contribution in [1.82, 2.24) is 15.0 Å². The zero-order valence-corrected chi connectivity index (χ0v) is 20.0. The highest BCUT2D eigenvalue weighted by atomic mass is 127. The number of benzene rings is 2. The van der Waals surface area contributed by atoms with E-state index < -0.39 is 0 Å². The second-order valence-electron chi connectivity index (χ2n) is 8.53. The van der Waals surface area contributed by atoms with Gasteiger partial charge >= 0.3 is 0 Å². The van der Waals surface area contributed by atoms with E-state index in [-0.39, 0.29) is 17.5 Å². The van der Waals surface area contributed by atoms with Gasteiger partial charge in [-0.1, -0.05) is 35.8 Å². The van der Waals surface area contributed by atoms with Crippen LogP contribution in [0.2, 0.25) is 0 Å². The van der Waals surface area contributed by atoms with Crippen LogP contribution in [0, 0.1) is 16.4 Å². The number of halogens is 1. The molecule has 1 fully saturated rings. The van der Waals surface area contributed by atoms with Gasteiger partial charge in [0.2, 0.25) is 0 Å². The number of rotatable bonds is 4. The summed E-state index contributed by atoms with van der Waals surface area (Å²) in [6, 6.07) is 15.4. The first-order valence-electron chi connectivity index (χ1n) is 11.0. The van der Waals surface area contributed by atoms with Gasteiger partial charge in [-0.15, -0.1) is 0 Å². The monoisotopic (exact) mass is 541 g/mol. The van der Waals surface area contributed by atoms with Crippen molar-refractivity contribution in [2.45, 2.75) is 38.6 Å². The molecule has 0 radical (unpaired) electrons. The average Bonchev–Trinajstić information content (AvgIpc) is 3.20. The molecule has 6 nitrogen and oxygen atoms in total. The summed E-state index contributed by atoms with van der Waals surface area (Å²) in [5.74, 6) is 0.833. The second-order valence-corrected chi connectivity index (χ2v) is 9.70. The lowest BCUT2D eigenvalue weighted by molar-refractivity contribution is 0.0940. The summed E-state index contributed by atoms with van der Waals surface area (Å²) in [7, 11) is 0. The van der Waals surface area contributed by atoms with Crippen LogP contribution in [-0.4, -0.2) is 22.2 Å². The molecule has 1 N–H and O–H groups in total. The SMILES string of the molecule is Cc1onc2c1c(=O)n(C1CCCC(CNC(=O)c3ccccc3)C1)c1cccc(I)c21. The van der Waals surface area contributed by atoms with E-state index in [1.54, 1.807) is 6.92 Å². The van der Waals surface area contributed by atoms with Gasteiger partial charge in [0.05, 0.1) is 5.52 Å². The molecular formula is C25H24IN3O3. The molecule has 2 unspecified atom stereocenters. The quantitative estimate of drug-likeness (QED) is 0.360. The molecule has 4 aromatic rings. The maximum Gasteiger partial charge on any atom is 0.264 e. The number of aromatic nitrogens is 2. The van der Waals surface area contributed by atoms with Crippen molar-refractivity contribution in [2.24, 2.45) is 5.92 Å². The minimum Gasteiger partial charge on any atom is -0.360 e. The number of carbonyl (C=O) groups excluding carboxylic acids is 1. The number of hydrogen-bond donors (Lipinski definition) is 1. The van der Waals surface area contributed by atoms with Crippen LogP contribution in [0.3, 0.4) is 0 Å². The van der Waals surface area contributed by atoms with E-state index in [0.29, 0.717) is 34.7 Å². The van der Waals surface area contributed by atoms with Crippen LogP contribution in [-0.2, 0) is 0 Å². The molecule has 2 aromatic carbocycles. The van der Waals surface area contributed by atoms with Gasteiger partial charge in [0.15, 0.2) is 0 Å². The average molecular weight is 541 g/mol. The smallest absolute Gasteiger partial charge is 0.264 e. The lowest BCUT2D eigenvalue weighted by Gasteiger charge is -2.31. The molecular weight excluding hydrogens is 517 g/mol. The Morgan fingerprint density at radius 3 is 2.78 bits per heavy atom. The van der Waals surface area contributed by atoms with E-state index >= 15 is 0 Å². The van der Waals surface area contributed by atoms with Gasteiger partial charge < -0.3 is 14.4 Å². The minimum atomic E-state index is -0.0496. The first-order chi connectivity index (χ1) is 15.5. The Bertz CT molecular complexity index is 1360. The fourth-order valence-electron chi connectivity index (χ4n) is 4.95. The van der Waals surface area contributed by atoms with Crippen LogP contribution in [0.1, 0.15) is 47.8 Å². The van der Waals surface area contributed by atoms with Crippen LogP contribution < -0.4 is 10.9 Å². The molecule has 1 aliphatic carbocycles. The summed E-state index contributed by atoms with van der Waals surface area (Å²) in [5.41, 5.74) is 2.19. The summed E-state index contributed by atoms with van der Waals surface area (Å²) in [4.78, 5) is 26.1. The Morgan fingerprint density at radius 1 is 1.16 bits per heavy atom. The molecule has 0 saturated heterocycles. The predicted molar refractivity (Wildman–Crippen MR) is 133 cm³/mol. The molecule has 32 heavy (non-hydrogen) atoms. The second kappa shape index (κ2) is 8.69. The highest BCUT2D eigenvalue weighted by Crippen LogP contribution is 2.36. The van der Waals surface area contributed by atoms with Crippen LogP contribution in [0.15, 0.2) is 57.8 Å². The molecule has 2 heterocycles. The van der Waals surface area contributed by atoms with Gasteiger partial charge in [0, 0.05) is 27.1 Å². The number of carbonyl (C=O) groups is 1. The van der Waals surface area contributed by atoms with Crippen molar-refractivity contribution in [2.75, 3.05) is 6.54 Å². The fraction of sp³-hybridized carbons (Fsp3) is 0.320. The summed E-state index contributed by atoms with van der Waals surface area (Å²) >= 11 is 2.30. The first-order valence-corrected chi connectivity index (χ1v) is 12.0. The molecule has 5 rings (SSSR count). The third kappa shape index (κ3) is 3.72. The van der Waals surface area contributed by atoms with E-state index in [0.717, 1.165) is 40.2 Å². The molecule has 2 aromatic heterocycles. The predicted octanol–water partition coefficient (Wildman–Crippen LogP) is 5.22. The normalized spacial score (nSPS) is 18.8. The first kappa shape index (κ1) is 21.2. The topological polar surface area (TPSA) is 77.1 Å². The van der Waals surface area contributed by atoms with Crippen LogP contribution in [0.4, 0.5) is 0 Å². The van der Waals surface area contributed by atoms with Gasteiger partial charge in [0.25, 0.3) is 11.5 Å². The van der Waals surface area contributed by atoms with Gasteiger partial charge in [-0.05, 0) is 79.0 Å². The molecule has 0 aliphatic heterocycles. The van der Waals surface area contributed by atoms with E-state index in [1.807, 2.05) is 53.1 Å². The summed E-state index contributed by atoms with van der Waals surface area (Å²) in [6.45, 7) is 2.41. The highest BCUT2D eigenvalue weighted by molar-refractivity contribution is 14.1. The maximum absolute atomic E-state index is 13.6. The molecule has 1 saturated carbocycles. The molecule has 7 heteroatoms. The van der Waals surface area contributed by atoms with Crippen molar-refractivity contribution < 1.29 is 9.32 Å². The van der Waals surface area contributed by atoms with Crippen LogP contribution in [0.5, 0.6) is 0 Å². The molecule has 2 atom stereocenters. The molecule has 0 spiro atoms. The Morgan fingerprint density at radius 2 is 1.97 bits per heavy atom. The van der Waals surface area contributed by atoms with Gasteiger partial charge in [-0.25, -0.2) is 0 Å². The van der Waals surface area contributed by atoms with Crippen LogP contribution >= 0.6 is 22.6 Å². The number of amides is 1. The Labute approximate surface area is 199 Å². The van der Waals surface area contributed by atoms with Gasteiger partial charge in [0.1, 0.15) is 16.7 Å². The Balaban J connectivity index is 1.46. The van der Waals surface area contributed by atoms with Crippen molar-refractivity contribution in [1.29, 1.82) is 0 Å². The lowest BCUT2D eigenvalue weighted by Crippen LogP contribution is -2.34. The molecule has 1 amide bonds. The van der Waals surface area contributed by atoms with Gasteiger partial charge in [-0.2, -0.15) is 0 Å². The van der Waals surface area contributed by atoms with Crippen LogP contribution in [0.25, 0.3) is 21.8 Å².